The van der Waals surface area contributed by atoms with E-state index < -0.39 is 0 Å². The highest BCUT2D eigenvalue weighted by atomic mass is 16.5. The molecule has 0 aromatic heterocycles. The van der Waals surface area contributed by atoms with E-state index in [0.717, 1.165) is 11.1 Å². The van der Waals surface area contributed by atoms with Gasteiger partial charge in [0.1, 0.15) is 0 Å². The Morgan fingerprint density at radius 2 is 1.39 bits per heavy atom. The van der Waals surface area contributed by atoms with Crippen molar-refractivity contribution in [3.05, 3.63) is 103 Å². The first-order valence-electron chi connectivity index (χ1n) is 7.40. The van der Waals surface area contributed by atoms with Gasteiger partial charge in [-0.05, 0) is 11.6 Å². The maximum absolute atomic E-state index is 11.7. The molecule has 0 aliphatic carbocycles. The zero-order valence-corrected chi connectivity index (χ0v) is 13.2. The van der Waals surface area contributed by atoms with Crippen molar-refractivity contribution in [2.24, 2.45) is 0 Å². The molecular formula is C21H22O2. The predicted octanol–water partition coefficient (Wildman–Crippen LogP) is 4.96. The van der Waals surface area contributed by atoms with Crippen LogP contribution in [0.2, 0.25) is 0 Å². The summed E-state index contributed by atoms with van der Waals surface area (Å²) in [4.78, 5) is 11.7. The van der Waals surface area contributed by atoms with Crippen molar-refractivity contribution in [3.63, 3.8) is 0 Å². The van der Waals surface area contributed by atoms with Gasteiger partial charge in [-0.2, -0.15) is 0 Å². The van der Waals surface area contributed by atoms with Crippen LogP contribution >= 0.6 is 0 Å². The lowest BCUT2D eigenvalue weighted by atomic mass is 10.1. The summed E-state index contributed by atoms with van der Waals surface area (Å²) in [6.07, 6.45) is 6.85. The molecule has 0 radical (unpaired) electrons. The fourth-order valence-corrected chi connectivity index (χ4v) is 1.67. The summed E-state index contributed by atoms with van der Waals surface area (Å²) in [7, 11) is 0. The molecule has 0 saturated carbocycles. The number of ketones is 1. The van der Waals surface area contributed by atoms with E-state index in [0.29, 0.717) is 13.2 Å². The second-order valence-electron chi connectivity index (χ2n) is 4.59. The lowest BCUT2D eigenvalue weighted by molar-refractivity contribution is 0.104. The van der Waals surface area contributed by atoms with Crippen LogP contribution in [0.3, 0.4) is 0 Å². The Morgan fingerprint density at radius 1 is 0.870 bits per heavy atom. The van der Waals surface area contributed by atoms with Gasteiger partial charge in [-0.15, -0.1) is 13.2 Å². The maximum Gasteiger partial charge on any atom is 0.185 e. The molecule has 0 unspecified atom stereocenters. The zero-order chi connectivity index (χ0) is 16.8. The minimum Gasteiger partial charge on any atom is -0.373 e. The van der Waals surface area contributed by atoms with Gasteiger partial charge in [0.15, 0.2) is 5.78 Å². The molecule has 0 N–H and O–H groups in total. The van der Waals surface area contributed by atoms with Crippen molar-refractivity contribution in [3.8, 4) is 0 Å². The first-order chi connectivity index (χ1) is 11.3. The Bertz CT molecular complexity index is 605. The van der Waals surface area contributed by atoms with Crippen molar-refractivity contribution in [2.45, 2.75) is 0 Å². The topological polar surface area (TPSA) is 26.3 Å². The fraction of sp³-hybridized carbons (Fsp3) is 0.0952. The average Bonchev–Trinajstić information content (AvgIpc) is 2.62. The Morgan fingerprint density at radius 3 is 1.91 bits per heavy atom. The molecule has 0 atom stereocenters. The molecule has 2 rings (SSSR count). The first-order valence-corrected chi connectivity index (χ1v) is 7.40. The molecule has 0 aliphatic rings. The number of ether oxygens (including phenoxy) is 1. The molecule has 2 aromatic carbocycles. The van der Waals surface area contributed by atoms with E-state index in [1.807, 2.05) is 66.7 Å². The van der Waals surface area contributed by atoms with Crippen LogP contribution in [-0.4, -0.2) is 19.0 Å². The second-order valence-corrected chi connectivity index (χ2v) is 4.59. The van der Waals surface area contributed by atoms with Crippen LogP contribution in [0.25, 0.3) is 6.08 Å². The molecule has 0 spiro atoms. The minimum atomic E-state index is 0.0319. The third kappa shape index (κ3) is 8.34. The first kappa shape index (κ1) is 18.3. The SMILES string of the molecule is C=CCOCC=C.O=C(C=Cc1ccccc1)c1ccccc1. The molecule has 0 bridgehead atoms. The standard InChI is InChI=1S/C15H12O.C6H10O/c16-15(14-9-5-2-6-10-14)12-11-13-7-3-1-4-8-13;1-3-5-7-6-4-2/h1-12H;3-4H,1-2,5-6H2. The van der Waals surface area contributed by atoms with Crippen LogP contribution in [0.15, 0.2) is 92.0 Å². The van der Waals surface area contributed by atoms with E-state index in [1.54, 1.807) is 18.2 Å². The number of allylic oxidation sites excluding steroid dienone is 1. The van der Waals surface area contributed by atoms with E-state index in [2.05, 4.69) is 13.2 Å². The van der Waals surface area contributed by atoms with Crippen molar-refractivity contribution in [1.29, 1.82) is 0 Å². The minimum absolute atomic E-state index is 0.0319. The fourth-order valence-electron chi connectivity index (χ4n) is 1.67. The Balaban J connectivity index is 0.000000322. The molecule has 0 saturated heterocycles. The molecular weight excluding hydrogens is 284 g/mol. The molecule has 0 amide bonds. The smallest absolute Gasteiger partial charge is 0.185 e. The number of hydrogen-bond donors (Lipinski definition) is 0. The summed E-state index contributed by atoms with van der Waals surface area (Å²) in [6, 6.07) is 19.1. The Hall–Kier alpha value is -2.71. The van der Waals surface area contributed by atoms with E-state index in [-0.39, 0.29) is 5.78 Å². The maximum atomic E-state index is 11.7. The van der Waals surface area contributed by atoms with Gasteiger partial charge in [0.2, 0.25) is 0 Å². The number of hydrogen-bond acceptors (Lipinski definition) is 2. The molecule has 0 aliphatic heterocycles. The van der Waals surface area contributed by atoms with Crippen LogP contribution in [0.5, 0.6) is 0 Å². The van der Waals surface area contributed by atoms with Crippen molar-refractivity contribution in [2.75, 3.05) is 13.2 Å². The number of rotatable bonds is 7. The van der Waals surface area contributed by atoms with E-state index in [1.165, 1.54) is 0 Å². The van der Waals surface area contributed by atoms with Crippen LogP contribution in [0.4, 0.5) is 0 Å². The van der Waals surface area contributed by atoms with Crippen molar-refractivity contribution in [1.82, 2.24) is 0 Å². The highest BCUT2D eigenvalue weighted by Crippen LogP contribution is 2.05. The molecule has 2 aromatic rings. The zero-order valence-electron chi connectivity index (χ0n) is 13.2. The second kappa shape index (κ2) is 11.9. The van der Waals surface area contributed by atoms with Gasteiger partial charge in [-0.25, -0.2) is 0 Å². The third-order valence-electron chi connectivity index (χ3n) is 2.76. The molecule has 0 fully saturated rings. The van der Waals surface area contributed by atoms with Gasteiger partial charge >= 0.3 is 0 Å². The summed E-state index contributed by atoms with van der Waals surface area (Å²) in [5, 5.41) is 0. The van der Waals surface area contributed by atoms with Gasteiger partial charge in [0, 0.05) is 5.56 Å². The van der Waals surface area contributed by atoms with Gasteiger partial charge in [-0.3, -0.25) is 4.79 Å². The third-order valence-corrected chi connectivity index (χ3v) is 2.76. The lowest BCUT2D eigenvalue weighted by Gasteiger charge is -1.94. The normalized spacial score (nSPS) is 9.74. The monoisotopic (exact) mass is 306 g/mol. The number of carbonyl (C=O) groups excluding carboxylic acids is 1. The van der Waals surface area contributed by atoms with E-state index >= 15 is 0 Å². The Kier molecular flexibility index (Phi) is 9.49. The average molecular weight is 306 g/mol. The van der Waals surface area contributed by atoms with Gasteiger partial charge in [0.25, 0.3) is 0 Å². The van der Waals surface area contributed by atoms with Crippen LogP contribution in [-0.2, 0) is 4.74 Å². The predicted molar refractivity (Wildman–Crippen MR) is 97.5 cm³/mol. The quantitative estimate of drug-likeness (QED) is 0.313. The van der Waals surface area contributed by atoms with Gasteiger partial charge in [-0.1, -0.05) is 78.9 Å². The van der Waals surface area contributed by atoms with Crippen LogP contribution in [0.1, 0.15) is 15.9 Å². The molecule has 0 heterocycles. The molecule has 2 nitrogen and oxygen atoms in total. The van der Waals surface area contributed by atoms with E-state index in [9.17, 15) is 4.79 Å². The van der Waals surface area contributed by atoms with Crippen molar-refractivity contribution < 1.29 is 9.53 Å². The summed E-state index contributed by atoms with van der Waals surface area (Å²) < 4.78 is 4.90. The lowest BCUT2D eigenvalue weighted by Crippen LogP contribution is -1.92. The highest BCUT2D eigenvalue weighted by molar-refractivity contribution is 6.06. The summed E-state index contributed by atoms with van der Waals surface area (Å²) >= 11 is 0. The Labute approximate surface area is 138 Å². The van der Waals surface area contributed by atoms with Crippen LogP contribution < -0.4 is 0 Å². The summed E-state index contributed by atoms with van der Waals surface area (Å²) in [6.45, 7) is 8.18. The summed E-state index contributed by atoms with van der Waals surface area (Å²) in [5.74, 6) is 0.0319. The van der Waals surface area contributed by atoms with Crippen molar-refractivity contribution >= 4 is 11.9 Å². The van der Waals surface area contributed by atoms with Gasteiger partial charge in [0.05, 0.1) is 13.2 Å². The van der Waals surface area contributed by atoms with Gasteiger partial charge < -0.3 is 4.74 Å². The number of benzene rings is 2. The summed E-state index contributed by atoms with van der Waals surface area (Å²) in [5.41, 5.74) is 1.75. The molecule has 118 valence electrons. The molecule has 2 heteroatoms. The largest absolute Gasteiger partial charge is 0.373 e. The number of carbonyl (C=O) groups is 1. The van der Waals surface area contributed by atoms with E-state index in [4.69, 9.17) is 4.74 Å². The molecule has 23 heavy (non-hydrogen) atoms. The van der Waals surface area contributed by atoms with Crippen LogP contribution in [0, 0.1) is 0 Å². The highest BCUT2D eigenvalue weighted by Gasteiger charge is 1.98.